The van der Waals surface area contributed by atoms with E-state index < -0.39 is 0 Å². The van der Waals surface area contributed by atoms with Gasteiger partial charge in [-0.25, -0.2) is 0 Å². The van der Waals surface area contributed by atoms with E-state index in [0.717, 1.165) is 35.5 Å². The van der Waals surface area contributed by atoms with Crippen molar-refractivity contribution >= 4 is 21.6 Å². The number of aliphatic hydroxyl groups is 1. The van der Waals surface area contributed by atoms with Crippen molar-refractivity contribution in [1.29, 1.82) is 0 Å². The highest BCUT2D eigenvalue weighted by Crippen LogP contribution is 2.27. The molecular weight excluding hydrogens is 270 g/mol. The van der Waals surface area contributed by atoms with Crippen LogP contribution >= 0.6 is 15.9 Å². The first kappa shape index (κ1) is 11.9. The lowest BCUT2D eigenvalue weighted by Gasteiger charge is -2.36. The van der Waals surface area contributed by atoms with Crippen molar-refractivity contribution in [3.63, 3.8) is 0 Å². The van der Waals surface area contributed by atoms with Crippen LogP contribution in [-0.2, 0) is 11.3 Å². The van der Waals surface area contributed by atoms with E-state index in [1.54, 1.807) is 0 Å². The quantitative estimate of drug-likeness (QED) is 0.904. The molecule has 1 aliphatic rings. The van der Waals surface area contributed by atoms with E-state index in [0.29, 0.717) is 6.04 Å². The van der Waals surface area contributed by atoms with Crippen molar-refractivity contribution in [2.75, 3.05) is 24.7 Å². The Morgan fingerprint density at radius 2 is 2.38 bits per heavy atom. The number of halogens is 1. The number of rotatable bonds is 2. The number of morpholine rings is 1. The zero-order chi connectivity index (χ0) is 11.5. The molecule has 1 unspecified atom stereocenters. The molecule has 4 heteroatoms. The van der Waals surface area contributed by atoms with E-state index >= 15 is 0 Å². The first-order chi connectivity index (χ1) is 7.72. The molecule has 1 aromatic carbocycles. The topological polar surface area (TPSA) is 32.7 Å². The first-order valence-electron chi connectivity index (χ1n) is 5.46. The van der Waals surface area contributed by atoms with E-state index in [1.807, 2.05) is 12.1 Å². The second-order valence-corrected chi connectivity index (χ2v) is 4.96. The molecule has 16 heavy (non-hydrogen) atoms. The van der Waals surface area contributed by atoms with Crippen LogP contribution in [0.5, 0.6) is 0 Å². The van der Waals surface area contributed by atoms with Crippen LogP contribution in [0.25, 0.3) is 0 Å². The molecule has 0 amide bonds. The van der Waals surface area contributed by atoms with E-state index in [-0.39, 0.29) is 6.61 Å². The lowest BCUT2D eigenvalue weighted by molar-refractivity contribution is 0.0987. The zero-order valence-corrected chi connectivity index (χ0v) is 10.9. The minimum atomic E-state index is 0.0683. The molecule has 1 N–H and O–H groups in total. The molecule has 1 fully saturated rings. The molecule has 1 aliphatic heterocycles. The summed E-state index contributed by atoms with van der Waals surface area (Å²) in [5.41, 5.74) is 2.07. The molecule has 1 saturated heterocycles. The summed E-state index contributed by atoms with van der Waals surface area (Å²) in [6.45, 7) is 4.60. The lowest BCUT2D eigenvalue weighted by atomic mass is 10.1. The standard InChI is InChI=1S/C12H16BrNO2/c1-9-8-16-5-4-14(9)12-3-2-11(13)6-10(12)7-15/h2-3,6,9,15H,4-5,7-8H2,1H3. The van der Waals surface area contributed by atoms with Crippen molar-refractivity contribution in [2.24, 2.45) is 0 Å². The maximum atomic E-state index is 9.38. The Bertz CT molecular complexity index is 370. The SMILES string of the molecule is CC1COCCN1c1ccc(Br)cc1CO. The predicted octanol–water partition coefficient (Wildman–Crippen LogP) is 2.17. The molecule has 0 aromatic heterocycles. The number of anilines is 1. The van der Waals surface area contributed by atoms with Crippen LogP contribution in [0.2, 0.25) is 0 Å². The molecule has 0 aliphatic carbocycles. The monoisotopic (exact) mass is 285 g/mol. The number of ether oxygens (including phenoxy) is 1. The fourth-order valence-corrected chi connectivity index (χ4v) is 2.45. The van der Waals surface area contributed by atoms with Gasteiger partial charge in [0, 0.05) is 28.3 Å². The highest BCUT2D eigenvalue weighted by Gasteiger charge is 2.21. The summed E-state index contributed by atoms with van der Waals surface area (Å²) >= 11 is 3.42. The molecule has 1 atom stereocenters. The zero-order valence-electron chi connectivity index (χ0n) is 9.32. The van der Waals surface area contributed by atoms with Gasteiger partial charge in [-0.1, -0.05) is 15.9 Å². The summed E-state index contributed by atoms with van der Waals surface area (Å²) in [4.78, 5) is 2.29. The third-order valence-corrected chi connectivity index (χ3v) is 3.38. The third-order valence-electron chi connectivity index (χ3n) is 2.89. The molecule has 0 spiro atoms. The van der Waals surface area contributed by atoms with Crippen LogP contribution in [0.4, 0.5) is 5.69 Å². The summed E-state index contributed by atoms with van der Waals surface area (Å²) < 4.78 is 6.42. The van der Waals surface area contributed by atoms with Gasteiger partial charge in [-0.2, -0.15) is 0 Å². The van der Waals surface area contributed by atoms with Crippen molar-refractivity contribution in [2.45, 2.75) is 19.6 Å². The molecule has 1 aromatic rings. The molecule has 0 radical (unpaired) electrons. The highest BCUT2D eigenvalue weighted by atomic mass is 79.9. The van der Waals surface area contributed by atoms with Crippen LogP contribution in [0, 0.1) is 0 Å². The Kier molecular flexibility index (Phi) is 3.84. The van der Waals surface area contributed by atoms with E-state index in [9.17, 15) is 5.11 Å². The molecule has 88 valence electrons. The van der Waals surface area contributed by atoms with Gasteiger partial charge < -0.3 is 14.7 Å². The minimum Gasteiger partial charge on any atom is -0.392 e. The lowest BCUT2D eigenvalue weighted by Crippen LogP contribution is -2.44. The maximum Gasteiger partial charge on any atom is 0.0702 e. The fourth-order valence-electron chi connectivity index (χ4n) is 2.05. The predicted molar refractivity (Wildman–Crippen MR) is 67.7 cm³/mol. The van der Waals surface area contributed by atoms with Gasteiger partial charge in [-0.05, 0) is 25.1 Å². The number of aliphatic hydroxyl groups excluding tert-OH is 1. The van der Waals surface area contributed by atoms with Gasteiger partial charge in [0.05, 0.1) is 19.8 Å². The van der Waals surface area contributed by atoms with Gasteiger partial charge in [0.2, 0.25) is 0 Å². The van der Waals surface area contributed by atoms with Gasteiger partial charge >= 0.3 is 0 Å². The Morgan fingerprint density at radius 3 is 3.06 bits per heavy atom. The molecule has 3 nitrogen and oxygen atoms in total. The van der Waals surface area contributed by atoms with E-state index in [1.165, 1.54) is 0 Å². The second kappa shape index (κ2) is 5.17. The summed E-state index contributed by atoms with van der Waals surface area (Å²) in [7, 11) is 0. The van der Waals surface area contributed by atoms with Crippen LogP contribution in [0.3, 0.4) is 0 Å². The Hall–Kier alpha value is -0.580. The first-order valence-corrected chi connectivity index (χ1v) is 6.25. The molecular formula is C12H16BrNO2. The van der Waals surface area contributed by atoms with E-state index in [4.69, 9.17) is 4.74 Å². The third kappa shape index (κ3) is 2.39. The average Bonchev–Trinajstić information content (AvgIpc) is 2.30. The Morgan fingerprint density at radius 1 is 1.56 bits per heavy atom. The van der Waals surface area contributed by atoms with Gasteiger partial charge in [-0.3, -0.25) is 0 Å². The minimum absolute atomic E-state index is 0.0683. The summed E-state index contributed by atoms with van der Waals surface area (Å²) in [5.74, 6) is 0. The van der Waals surface area contributed by atoms with Gasteiger partial charge in [0.15, 0.2) is 0 Å². The maximum absolute atomic E-state index is 9.38. The number of hydrogen-bond acceptors (Lipinski definition) is 3. The average molecular weight is 286 g/mol. The number of nitrogens with zero attached hydrogens (tertiary/aromatic N) is 1. The molecule has 0 bridgehead atoms. The van der Waals surface area contributed by atoms with Gasteiger partial charge in [0.1, 0.15) is 0 Å². The number of hydrogen-bond donors (Lipinski definition) is 1. The van der Waals surface area contributed by atoms with Crippen LogP contribution in [0.15, 0.2) is 22.7 Å². The van der Waals surface area contributed by atoms with Crippen LogP contribution in [0.1, 0.15) is 12.5 Å². The van der Waals surface area contributed by atoms with E-state index in [2.05, 4.69) is 33.8 Å². The smallest absolute Gasteiger partial charge is 0.0702 e. The van der Waals surface area contributed by atoms with Crippen molar-refractivity contribution < 1.29 is 9.84 Å². The van der Waals surface area contributed by atoms with Crippen molar-refractivity contribution in [3.05, 3.63) is 28.2 Å². The second-order valence-electron chi connectivity index (χ2n) is 4.05. The molecule has 2 rings (SSSR count). The summed E-state index contributed by atoms with van der Waals surface area (Å²) in [6.07, 6.45) is 0. The Labute approximate surface area is 104 Å². The van der Waals surface area contributed by atoms with Crippen molar-refractivity contribution in [3.8, 4) is 0 Å². The normalized spacial score (nSPS) is 21.2. The largest absolute Gasteiger partial charge is 0.392 e. The van der Waals surface area contributed by atoms with Gasteiger partial charge in [-0.15, -0.1) is 0 Å². The van der Waals surface area contributed by atoms with Crippen LogP contribution in [-0.4, -0.2) is 30.9 Å². The van der Waals surface area contributed by atoms with Crippen molar-refractivity contribution in [1.82, 2.24) is 0 Å². The number of benzene rings is 1. The van der Waals surface area contributed by atoms with Gasteiger partial charge in [0.25, 0.3) is 0 Å². The summed E-state index contributed by atoms with van der Waals surface area (Å²) in [6, 6.07) is 6.39. The van der Waals surface area contributed by atoms with Crippen LogP contribution < -0.4 is 4.90 Å². The highest BCUT2D eigenvalue weighted by molar-refractivity contribution is 9.10. The molecule has 1 heterocycles. The fraction of sp³-hybridized carbons (Fsp3) is 0.500. The summed E-state index contributed by atoms with van der Waals surface area (Å²) in [5, 5.41) is 9.38. The Balaban J connectivity index is 2.30. The molecule has 0 saturated carbocycles.